The molecule has 0 aromatic carbocycles. The summed E-state index contributed by atoms with van der Waals surface area (Å²) in [6, 6.07) is 4.51. The Morgan fingerprint density at radius 2 is 1.73 bits per heavy atom. The van der Waals surface area contributed by atoms with Gasteiger partial charge in [0, 0.05) is 12.1 Å². The quantitative estimate of drug-likeness (QED) is 0.742. The molecule has 2 amide bonds. The molecule has 0 radical (unpaired) electrons. The molecule has 0 unspecified atom stereocenters. The molecule has 6 heteroatoms. The maximum Gasteiger partial charge on any atom is 0.271 e. The van der Waals surface area contributed by atoms with Gasteiger partial charge >= 0.3 is 0 Å². The van der Waals surface area contributed by atoms with E-state index in [2.05, 4.69) is 21.3 Å². The third kappa shape index (κ3) is 3.37. The molecule has 5 nitrogen and oxygen atoms in total. The smallest absolute Gasteiger partial charge is 0.271 e. The Bertz CT molecular complexity index is 934. The fraction of sp³-hybridized carbons (Fsp3) is 0.667. The SMILES string of the molecule is C[C@]1(C(=O)NC2CCCCCCC2)Cn2c(cc3sccc32)C(=O)N1C1CCCC1. The van der Waals surface area contributed by atoms with Gasteiger partial charge in [-0.2, -0.15) is 0 Å². The van der Waals surface area contributed by atoms with Crippen molar-refractivity contribution >= 4 is 33.4 Å². The zero-order valence-corrected chi connectivity index (χ0v) is 18.8. The third-order valence-electron chi connectivity index (χ3n) is 7.58. The highest BCUT2D eigenvalue weighted by atomic mass is 32.1. The Kier molecular flexibility index (Phi) is 5.38. The zero-order valence-electron chi connectivity index (χ0n) is 18.0. The number of nitrogens with zero attached hydrogens (tertiary/aromatic N) is 2. The number of fused-ring (bicyclic) bond motifs is 3. The van der Waals surface area contributed by atoms with E-state index in [4.69, 9.17) is 0 Å². The number of amides is 2. The molecule has 2 fully saturated rings. The lowest BCUT2D eigenvalue weighted by Gasteiger charge is -2.47. The van der Waals surface area contributed by atoms with E-state index in [1.807, 2.05) is 17.9 Å². The Hall–Kier alpha value is -1.82. The van der Waals surface area contributed by atoms with Gasteiger partial charge in [-0.3, -0.25) is 9.59 Å². The lowest BCUT2D eigenvalue weighted by atomic mass is 9.90. The molecule has 2 aromatic heterocycles. The molecule has 1 N–H and O–H groups in total. The van der Waals surface area contributed by atoms with Gasteiger partial charge in [-0.05, 0) is 50.1 Å². The van der Waals surface area contributed by atoms with Crippen LogP contribution in [0.15, 0.2) is 17.5 Å². The van der Waals surface area contributed by atoms with Gasteiger partial charge < -0.3 is 14.8 Å². The van der Waals surface area contributed by atoms with E-state index in [9.17, 15) is 9.59 Å². The zero-order chi connectivity index (χ0) is 20.7. The van der Waals surface area contributed by atoms with Crippen molar-refractivity contribution < 1.29 is 9.59 Å². The van der Waals surface area contributed by atoms with E-state index in [0.717, 1.165) is 54.4 Å². The van der Waals surface area contributed by atoms with Crippen molar-refractivity contribution in [2.45, 2.75) is 102 Å². The first kappa shape index (κ1) is 20.1. The molecule has 2 aliphatic carbocycles. The molecule has 3 heterocycles. The van der Waals surface area contributed by atoms with E-state index >= 15 is 0 Å². The molecule has 1 atom stereocenters. The summed E-state index contributed by atoms with van der Waals surface area (Å²) in [5.41, 5.74) is 0.995. The fourth-order valence-electron chi connectivity index (χ4n) is 5.91. The predicted molar refractivity (Wildman–Crippen MR) is 121 cm³/mol. The van der Waals surface area contributed by atoms with Crippen LogP contribution in [0.25, 0.3) is 10.2 Å². The number of hydrogen-bond acceptors (Lipinski definition) is 3. The van der Waals surface area contributed by atoms with E-state index in [1.54, 1.807) is 11.3 Å². The van der Waals surface area contributed by atoms with Gasteiger partial charge in [-0.15, -0.1) is 11.3 Å². The Morgan fingerprint density at radius 3 is 2.47 bits per heavy atom. The first-order chi connectivity index (χ1) is 14.6. The number of thiophene rings is 1. The number of nitrogens with one attached hydrogen (secondary N) is 1. The first-order valence-corrected chi connectivity index (χ1v) is 12.7. The normalized spacial score (nSPS) is 26.6. The molecule has 3 aliphatic rings. The highest BCUT2D eigenvalue weighted by molar-refractivity contribution is 7.17. The number of aromatic nitrogens is 1. The summed E-state index contributed by atoms with van der Waals surface area (Å²) < 4.78 is 3.23. The maximum atomic E-state index is 13.8. The monoisotopic (exact) mass is 427 g/mol. The number of carbonyl (C=O) groups is 2. The van der Waals surface area contributed by atoms with Crippen molar-refractivity contribution in [2.24, 2.45) is 0 Å². The van der Waals surface area contributed by atoms with E-state index < -0.39 is 5.54 Å². The summed E-state index contributed by atoms with van der Waals surface area (Å²) in [7, 11) is 0. The van der Waals surface area contributed by atoms with Crippen LogP contribution in [0, 0.1) is 0 Å². The minimum atomic E-state index is -0.838. The van der Waals surface area contributed by atoms with Crippen molar-refractivity contribution in [3.8, 4) is 0 Å². The molecule has 0 saturated heterocycles. The molecule has 30 heavy (non-hydrogen) atoms. The summed E-state index contributed by atoms with van der Waals surface area (Å²) >= 11 is 1.67. The third-order valence-corrected chi connectivity index (χ3v) is 8.43. The molecule has 2 saturated carbocycles. The second kappa shape index (κ2) is 8.03. The molecule has 0 bridgehead atoms. The van der Waals surface area contributed by atoms with Crippen LogP contribution in [0.2, 0.25) is 0 Å². The predicted octanol–water partition coefficient (Wildman–Crippen LogP) is 5.09. The van der Waals surface area contributed by atoms with Gasteiger partial charge in [0.05, 0.1) is 16.8 Å². The minimum Gasteiger partial charge on any atom is -0.351 e. The van der Waals surface area contributed by atoms with Crippen LogP contribution in [0.3, 0.4) is 0 Å². The van der Waals surface area contributed by atoms with Crippen molar-refractivity contribution in [1.29, 1.82) is 0 Å². The van der Waals surface area contributed by atoms with Crippen molar-refractivity contribution in [2.75, 3.05) is 0 Å². The molecule has 0 spiro atoms. The lowest BCUT2D eigenvalue weighted by Crippen LogP contribution is -2.67. The van der Waals surface area contributed by atoms with Gasteiger partial charge in [-0.1, -0.05) is 44.9 Å². The van der Waals surface area contributed by atoms with Crippen LogP contribution in [0.4, 0.5) is 0 Å². The topological polar surface area (TPSA) is 54.3 Å². The maximum absolute atomic E-state index is 13.8. The fourth-order valence-corrected chi connectivity index (χ4v) is 6.73. The van der Waals surface area contributed by atoms with E-state index in [1.165, 1.54) is 32.1 Å². The molecule has 2 aromatic rings. The summed E-state index contributed by atoms with van der Waals surface area (Å²) in [5.74, 6) is 0.0721. The van der Waals surface area contributed by atoms with Crippen LogP contribution in [-0.2, 0) is 11.3 Å². The molecule has 1 aliphatic heterocycles. The van der Waals surface area contributed by atoms with Crippen LogP contribution in [0.5, 0.6) is 0 Å². The second-order valence-corrected chi connectivity index (χ2v) is 10.6. The van der Waals surface area contributed by atoms with Crippen LogP contribution in [-0.4, -0.2) is 38.9 Å². The summed E-state index contributed by atoms with van der Waals surface area (Å²) in [4.78, 5) is 29.5. The molecule has 5 rings (SSSR count). The highest BCUT2D eigenvalue weighted by Gasteiger charge is 2.51. The largest absolute Gasteiger partial charge is 0.351 e. The Balaban J connectivity index is 1.48. The highest BCUT2D eigenvalue weighted by Crippen LogP contribution is 2.39. The Morgan fingerprint density at radius 1 is 1.07 bits per heavy atom. The van der Waals surface area contributed by atoms with E-state index in [-0.39, 0.29) is 23.9 Å². The van der Waals surface area contributed by atoms with Crippen LogP contribution >= 0.6 is 11.3 Å². The van der Waals surface area contributed by atoms with E-state index in [0.29, 0.717) is 6.54 Å². The van der Waals surface area contributed by atoms with Crippen molar-refractivity contribution in [3.63, 3.8) is 0 Å². The molecule has 162 valence electrons. The lowest BCUT2D eigenvalue weighted by molar-refractivity contribution is -0.135. The van der Waals surface area contributed by atoms with Gasteiger partial charge in [0.2, 0.25) is 5.91 Å². The molecular formula is C24H33N3O2S. The second-order valence-electron chi connectivity index (χ2n) is 9.69. The standard InChI is InChI=1S/C24H33N3O2S/c1-24(23(29)25-17-9-5-3-2-4-6-10-17)16-26-19-13-14-30-21(19)15-20(26)22(28)27(24)18-11-7-8-12-18/h13-15,17-18H,2-12,16H2,1H3,(H,25,29)/t24-/m1/s1. The van der Waals surface area contributed by atoms with Crippen molar-refractivity contribution in [1.82, 2.24) is 14.8 Å². The minimum absolute atomic E-state index is 0.0341. The summed E-state index contributed by atoms with van der Waals surface area (Å²) in [5, 5.41) is 5.46. The van der Waals surface area contributed by atoms with Gasteiger partial charge in [0.15, 0.2) is 0 Å². The summed E-state index contributed by atoms with van der Waals surface area (Å²) in [6.45, 7) is 2.55. The number of carbonyl (C=O) groups excluding carboxylic acids is 2. The van der Waals surface area contributed by atoms with Crippen LogP contribution in [0.1, 0.15) is 88.0 Å². The number of hydrogen-bond donors (Lipinski definition) is 1. The van der Waals surface area contributed by atoms with Crippen LogP contribution < -0.4 is 5.32 Å². The van der Waals surface area contributed by atoms with Crippen molar-refractivity contribution in [3.05, 3.63) is 23.2 Å². The number of rotatable bonds is 3. The summed E-state index contributed by atoms with van der Waals surface area (Å²) in [6.07, 6.45) is 12.6. The average Bonchev–Trinajstić information content (AvgIpc) is 3.42. The van der Waals surface area contributed by atoms with Gasteiger partial charge in [0.25, 0.3) is 5.91 Å². The average molecular weight is 428 g/mol. The Labute approximate surface area is 182 Å². The van der Waals surface area contributed by atoms with Gasteiger partial charge in [0.1, 0.15) is 11.2 Å². The molecular weight excluding hydrogens is 394 g/mol. The first-order valence-electron chi connectivity index (χ1n) is 11.8. The van der Waals surface area contributed by atoms with Gasteiger partial charge in [-0.25, -0.2) is 0 Å².